The van der Waals surface area contributed by atoms with Crippen molar-refractivity contribution in [3.05, 3.63) is 48.0 Å². The monoisotopic (exact) mass is 328 g/mol. The first-order valence-electron chi connectivity index (χ1n) is 7.69. The van der Waals surface area contributed by atoms with Crippen LogP contribution >= 0.6 is 12.2 Å². The SMILES string of the molecule is CC(C)c1cccc(NC(=S)Nc2ccc3c(c2)OCCO3)c1. The van der Waals surface area contributed by atoms with Gasteiger partial charge in [0.05, 0.1) is 0 Å². The van der Waals surface area contributed by atoms with Crippen molar-refractivity contribution in [1.29, 1.82) is 0 Å². The van der Waals surface area contributed by atoms with Gasteiger partial charge in [-0.1, -0.05) is 26.0 Å². The van der Waals surface area contributed by atoms with E-state index in [1.165, 1.54) is 5.56 Å². The van der Waals surface area contributed by atoms with Gasteiger partial charge in [-0.05, 0) is 48.0 Å². The van der Waals surface area contributed by atoms with Crippen LogP contribution in [0.15, 0.2) is 42.5 Å². The lowest BCUT2D eigenvalue weighted by Gasteiger charge is -2.19. The summed E-state index contributed by atoms with van der Waals surface area (Å²) in [6, 6.07) is 14.0. The molecule has 2 N–H and O–H groups in total. The van der Waals surface area contributed by atoms with Crippen molar-refractivity contribution >= 4 is 28.7 Å². The summed E-state index contributed by atoms with van der Waals surface area (Å²) in [5.74, 6) is 1.99. The average molecular weight is 328 g/mol. The fourth-order valence-electron chi connectivity index (χ4n) is 2.39. The van der Waals surface area contributed by atoms with Crippen LogP contribution in [0.25, 0.3) is 0 Å². The Balaban J connectivity index is 1.66. The third-order valence-electron chi connectivity index (χ3n) is 3.61. The highest BCUT2D eigenvalue weighted by Crippen LogP contribution is 2.32. The summed E-state index contributed by atoms with van der Waals surface area (Å²) < 4.78 is 11.1. The second-order valence-corrected chi connectivity index (χ2v) is 6.13. The molecule has 0 fully saturated rings. The van der Waals surface area contributed by atoms with E-state index in [1.807, 2.05) is 30.3 Å². The molecule has 0 saturated heterocycles. The Kier molecular flexibility index (Phi) is 4.67. The van der Waals surface area contributed by atoms with Crippen molar-refractivity contribution in [1.82, 2.24) is 0 Å². The van der Waals surface area contributed by atoms with Crippen LogP contribution in [0.3, 0.4) is 0 Å². The molecule has 5 heteroatoms. The molecular formula is C18H20N2O2S. The quantitative estimate of drug-likeness (QED) is 0.818. The molecule has 23 heavy (non-hydrogen) atoms. The number of thiocarbonyl (C=S) groups is 1. The molecule has 0 atom stereocenters. The van der Waals surface area contributed by atoms with Gasteiger partial charge in [-0.15, -0.1) is 0 Å². The Hall–Kier alpha value is -2.27. The lowest BCUT2D eigenvalue weighted by atomic mass is 10.0. The van der Waals surface area contributed by atoms with E-state index in [0.717, 1.165) is 22.9 Å². The molecule has 0 unspecified atom stereocenters. The highest BCUT2D eigenvalue weighted by molar-refractivity contribution is 7.80. The van der Waals surface area contributed by atoms with E-state index in [9.17, 15) is 0 Å². The van der Waals surface area contributed by atoms with E-state index < -0.39 is 0 Å². The minimum Gasteiger partial charge on any atom is -0.486 e. The van der Waals surface area contributed by atoms with E-state index in [2.05, 4.69) is 36.6 Å². The van der Waals surface area contributed by atoms with Crippen molar-refractivity contribution < 1.29 is 9.47 Å². The summed E-state index contributed by atoms with van der Waals surface area (Å²) in [6.07, 6.45) is 0. The standard InChI is InChI=1S/C18H20N2O2S/c1-12(2)13-4-3-5-14(10-13)19-18(23)20-15-6-7-16-17(11-15)22-9-8-21-16/h3-7,10-12H,8-9H2,1-2H3,(H2,19,20,23). The molecule has 0 aromatic heterocycles. The molecule has 4 nitrogen and oxygen atoms in total. The van der Waals surface area contributed by atoms with Crippen LogP contribution in [-0.4, -0.2) is 18.3 Å². The smallest absolute Gasteiger partial charge is 0.175 e. The van der Waals surface area contributed by atoms with Gasteiger partial charge in [-0.25, -0.2) is 0 Å². The average Bonchev–Trinajstić information content (AvgIpc) is 2.55. The topological polar surface area (TPSA) is 42.5 Å². The van der Waals surface area contributed by atoms with Crippen LogP contribution in [0.5, 0.6) is 11.5 Å². The van der Waals surface area contributed by atoms with Gasteiger partial charge in [0.25, 0.3) is 0 Å². The molecular weight excluding hydrogens is 308 g/mol. The van der Waals surface area contributed by atoms with Crippen LogP contribution < -0.4 is 20.1 Å². The number of anilines is 2. The van der Waals surface area contributed by atoms with Gasteiger partial charge >= 0.3 is 0 Å². The van der Waals surface area contributed by atoms with Crippen molar-refractivity contribution in [2.45, 2.75) is 19.8 Å². The zero-order valence-corrected chi connectivity index (χ0v) is 14.1. The molecule has 0 saturated carbocycles. The second kappa shape index (κ2) is 6.87. The fourth-order valence-corrected chi connectivity index (χ4v) is 2.63. The first-order valence-corrected chi connectivity index (χ1v) is 8.10. The zero-order valence-electron chi connectivity index (χ0n) is 13.3. The van der Waals surface area contributed by atoms with Crippen LogP contribution in [0.1, 0.15) is 25.3 Å². The maximum Gasteiger partial charge on any atom is 0.175 e. The van der Waals surface area contributed by atoms with Crippen molar-refractivity contribution in [2.24, 2.45) is 0 Å². The Labute approximate surface area is 141 Å². The van der Waals surface area contributed by atoms with E-state index >= 15 is 0 Å². The molecule has 1 aliphatic rings. The Morgan fingerprint density at radius 3 is 2.39 bits per heavy atom. The molecule has 1 aliphatic heterocycles. The molecule has 2 aromatic carbocycles. The van der Waals surface area contributed by atoms with Gasteiger partial charge in [0.2, 0.25) is 0 Å². The molecule has 0 aliphatic carbocycles. The highest BCUT2D eigenvalue weighted by atomic mass is 32.1. The lowest BCUT2D eigenvalue weighted by Crippen LogP contribution is -2.20. The summed E-state index contributed by atoms with van der Waals surface area (Å²) >= 11 is 5.39. The van der Waals surface area contributed by atoms with E-state index in [1.54, 1.807) is 0 Å². The molecule has 120 valence electrons. The Morgan fingerprint density at radius 1 is 0.957 bits per heavy atom. The minimum atomic E-state index is 0.482. The number of fused-ring (bicyclic) bond motifs is 1. The maximum absolute atomic E-state index is 5.58. The van der Waals surface area contributed by atoms with Crippen LogP contribution in [-0.2, 0) is 0 Å². The largest absolute Gasteiger partial charge is 0.486 e. The molecule has 0 bridgehead atoms. The molecule has 1 heterocycles. The van der Waals surface area contributed by atoms with Gasteiger partial charge in [0, 0.05) is 17.4 Å². The summed E-state index contributed by atoms with van der Waals surface area (Å²) in [4.78, 5) is 0. The number of rotatable bonds is 3. The van der Waals surface area contributed by atoms with E-state index in [4.69, 9.17) is 21.7 Å². The summed E-state index contributed by atoms with van der Waals surface area (Å²) in [5.41, 5.74) is 3.12. The molecule has 3 rings (SSSR count). The van der Waals surface area contributed by atoms with Crippen LogP contribution in [0.2, 0.25) is 0 Å². The molecule has 0 radical (unpaired) electrons. The van der Waals surface area contributed by atoms with Crippen molar-refractivity contribution in [2.75, 3.05) is 23.8 Å². The van der Waals surface area contributed by atoms with Gasteiger partial charge in [-0.2, -0.15) is 0 Å². The summed E-state index contributed by atoms with van der Waals surface area (Å²) in [5, 5.41) is 6.93. The third-order valence-corrected chi connectivity index (χ3v) is 3.82. The fraction of sp³-hybridized carbons (Fsp3) is 0.278. The van der Waals surface area contributed by atoms with Crippen molar-refractivity contribution in [3.63, 3.8) is 0 Å². The number of hydrogen-bond donors (Lipinski definition) is 2. The molecule has 2 aromatic rings. The van der Waals surface area contributed by atoms with Crippen LogP contribution in [0.4, 0.5) is 11.4 Å². The number of ether oxygens (including phenoxy) is 2. The number of nitrogens with one attached hydrogen (secondary N) is 2. The van der Waals surface area contributed by atoms with Crippen molar-refractivity contribution in [3.8, 4) is 11.5 Å². The summed E-state index contributed by atoms with van der Waals surface area (Å²) in [6.45, 7) is 5.50. The minimum absolute atomic E-state index is 0.482. The number of hydrogen-bond acceptors (Lipinski definition) is 3. The highest BCUT2D eigenvalue weighted by Gasteiger charge is 2.12. The van der Waals surface area contributed by atoms with Gasteiger partial charge in [0.1, 0.15) is 13.2 Å². The molecule has 0 amide bonds. The lowest BCUT2D eigenvalue weighted by molar-refractivity contribution is 0.171. The first-order chi connectivity index (χ1) is 11.1. The van der Waals surface area contributed by atoms with Gasteiger partial charge in [-0.3, -0.25) is 0 Å². The zero-order chi connectivity index (χ0) is 16.2. The van der Waals surface area contributed by atoms with Gasteiger partial charge in [0.15, 0.2) is 16.6 Å². The third kappa shape index (κ3) is 3.93. The van der Waals surface area contributed by atoms with E-state index in [0.29, 0.717) is 24.2 Å². The second-order valence-electron chi connectivity index (χ2n) is 5.72. The van der Waals surface area contributed by atoms with Gasteiger partial charge < -0.3 is 20.1 Å². The first kappa shape index (κ1) is 15.6. The predicted molar refractivity (Wildman–Crippen MR) is 97.8 cm³/mol. The Morgan fingerprint density at radius 2 is 1.65 bits per heavy atom. The van der Waals surface area contributed by atoms with Crippen LogP contribution in [0, 0.1) is 0 Å². The maximum atomic E-state index is 5.58. The summed E-state index contributed by atoms with van der Waals surface area (Å²) in [7, 11) is 0. The molecule has 0 spiro atoms. The predicted octanol–water partition coefficient (Wildman–Crippen LogP) is 4.39. The normalized spacial score (nSPS) is 12.8. The number of benzene rings is 2. The Bertz CT molecular complexity index is 716. The van der Waals surface area contributed by atoms with E-state index in [-0.39, 0.29) is 0 Å².